The Labute approximate surface area is 240 Å². The molecule has 0 radical (unpaired) electrons. The van der Waals surface area contributed by atoms with Crippen molar-refractivity contribution in [3.05, 3.63) is 77.7 Å². The molecule has 0 bridgehead atoms. The van der Waals surface area contributed by atoms with Gasteiger partial charge in [-0.2, -0.15) is 5.10 Å². The van der Waals surface area contributed by atoms with Crippen LogP contribution in [0, 0.1) is 5.82 Å². The van der Waals surface area contributed by atoms with Crippen molar-refractivity contribution in [1.29, 1.82) is 0 Å². The second-order valence-electron chi connectivity index (χ2n) is 10.7. The molecule has 3 N–H and O–H groups in total. The van der Waals surface area contributed by atoms with Gasteiger partial charge in [-0.3, -0.25) is 19.1 Å². The van der Waals surface area contributed by atoms with E-state index in [0.717, 1.165) is 16.2 Å². The van der Waals surface area contributed by atoms with E-state index in [4.69, 9.17) is 0 Å². The van der Waals surface area contributed by atoms with E-state index >= 15 is 4.39 Å². The fraction of sp³-hybridized carbons (Fsp3) is 0.290. The van der Waals surface area contributed by atoms with E-state index in [0.29, 0.717) is 29.3 Å². The van der Waals surface area contributed by atoms with Gasteiger partial charge < -0.3 is 20.6 Å². The summed E-state index contributed by atoms with van der Waals surface area (Å²) in [4.78, 5) is 39.9. The summed E-state index contributed by atoms with van der Waals surface area (Å²) >= 11 is 0. The zero-order chi connectivity index (χ0) is 29.5. The highest BCUT2D eigenvalue weighted by atomic mass is 19.1. The number of nitrogens with zero attached hydrogens (tertiary/aromatic N) is 3. The van der Waals surface area contributed by atoms with E-state index in [1.807, 2.05) is 6.07 Å². The van der Waals surface area contributed by atoms with E-state index in [9.17, 15) is 23.9 Å². The van der Waals surface area contributed by atoms with Gasteiger partial charge in [0.1, 0.15) is 30.7 Å². The largest absolute Gasteiger partial charge is 0.374 e. The number of para-hydroxylation sites is 1. The number of aromatic nitrogens is 2. The maximum absolute atomic E-state index is 15.7. The molecular formula is C31H29F2N5O4. The first kappa shape index (κ1) is 27.5. The number of carbonyl (C=O) groups is 3. The van der Waals surface area contributed by atoms with Crippen LogP contribution < -0.4 is 10.6 Å². The lowest BCUT2D eigenvalue weighted by molar-refractivity contribution is -0.137. The molecule has 4 aromatic rings. The summed E-state index contributed by atoms with van der Waals surface area (Å²) in [7, 11) is 0. The van der Waals surface area contributed by atoms with Crippen LogP contribution in [0.25, 0.3) is 22.0 Å². The molecule has 0 aliphatic carbocycles. The van der Waals surface area contributed by atoms with Crippen molar-refractivity contribution >= 4 is 39.9 Å². The number of aliphatic hydroxyl groups excluding tert-OH is 1. The third kappa shape index (κ3) is 5.11. The summed E-state index contributed by atoms with van der Waals surface area (Å²) in [6, 6.07) is 15.8. The number of aryl methyl sites for hydroxylation is 1. The van der Waals surface area contributed by atoms with E-state index in [1.165, 1.54) is 17.7 Å². The molecule has 1 saturated heterocycles. The Morgan fingerprint density at radius 2 is 1.93 bits per heavy atom. The van der Waals surface area contributed by atoms with E-state index in [1.54, 1.807) is 48.5 Å². The number of alkyl halides is 1. The van der Waals surface area contributed by atoms with Crippen LogP contribution in [0.15, 0.2) is 60.7 Å². The number of fused-ring (bicyclic) bond motifs is 2. The summed E-state index contributed by atoms with van der Waals surface area (Å²) < 4.78 is 31.6. The van der Waals surface area contributed by atoms with Crippen LogP contribution >= 0.6 is 0 Å². The van der Waals surface area contributed by atoms with Gasteiger partial charge >= 0.3 is 0 Å². The molecule has 3 aromatic carbocycles. The number of amides is 2. The predicted octanol–water partition coefficient (Wildman–Crippen LogP) is 4.30. The SMILES string of the molecule is CC(=O)c1nn(CC(=O)N2C[C@H](F)C[C@H]2C(=O)Nc2cccc(-c3ccc4c(c3)CCC(O)N4)c2F)c2ccccc12. The predicted molar refractivity (Wildman–Crippen MR) is 153 cm³/mol. The molecule has 216 valence electrons. The highest BCUT2D eigenvalue weighted by molar-refractivity contribution is 6.05. The minimum absolute atomic E-state index is 0.0809. The second kappa shape index (κ2) is 11.0. The number of rotatable bonds is 6. The first-order valence-electron chi connectivity index (χ1n) is 13.8. The molecule has 1 unspecified atom stereocenters. The van der Waals surface area contributed by atoms with Gasteiger partial charge in [0.2, 0.25) is 11.8 Å². The molecular weight excluding hydrogens is 544 g/mol. The van der Waals surface area contributed by atoms with E-state index in [2.05, 4.69) is 15.7 Å². The number of hydrogen-bond acceptors (Lipinski definition) is 6. The second-order valence-corrected chi connectivity index (χ2v) is 10.7. The highest BCUT2D eigenvalue weighted by Crippen LogP contribution is 2.33. The summed E-state index contributed by atoms with van der Waals surface area (Å²) in [5.41, 5.74) is 3.33. The van der Waals surface area contributed by atoms with Crippen molar-refractivity contribution in [3.8, 4) is 11.1 Å². The lowest BCUT2D eigenvalue weighted by atomic mass is 9.96. The molecule has 11 heteroatoms. The Bertz CT molecular complexity index is 1720. The van der Waals surface area contributed by atoms with Gasteiger partial charge in [0, 0.05) is 30.0 Å². The zero-order valence-electron chi connectivity index (χ0n) is 22.8. The number of nitrogens with one attached hydrogen (secondary N) is 2. The standard InChI is InChI=1S/C31H29F2N5O4/c1-17(39)30-22-5-2-3-8-25(22)38(36-30)16-28(41)37-15-20(32)14-26(37)31(42)35-24-7-4-6-21(29(24)33)18-9-11-23-19(13-18)10-12-27(40)34-23/h2-9,11,13,20,26-27,34,40H,10,12,14-16H2,1H3,(H,35,42)/t20-,26+,27?/m1/s1. The van der Waals surface area contributed by atoms with Crippen molar-refractivity contribution in [2.24, 2.45) is 0 Å². The van der Waals surface area contributed by atoms with Gasteiger partial charge in [-0.15, -0.1) is 0 Å². The van der Waals surface area contributed by atoms with Crippen LogP contribution in [0.1, 0.15) is 35.8 Å². The molecule has 42 heavy (non-hydrogen) atoms. The van der Waals surface area contributed by atoms with Gasteiger partial charge in [-0.05, 0) is 48.2 Å². The number of carbonyl (C=O) groups excluding carboxylic acids is 3. The number of aliphatic hydroxyl groups is 1. The van der Waals surface area contributed by atoms with Gasteiger partial charge in [-0.1, -0.05) is 36.4 Å². The van der Waals surface area contributed by atoms with Crippen molar-refractivity contribution < 1.29 is 28.3 Å². The summed E-state index contributed by atoms with van der Waals surface area (Å²) in [5, 5.41) is 20.3. The van der Waals surface area contributed by atoms with Crippen LogP contribution in [0.4, 0.5) is 20.2 Å². The van der Waals surface area contributed by atoms with Gasteiger partial charge in [0.25, 0.3) is 0 Å². The summed E-state index contributed by atoms with van der Waals surface area (Å²) in [6.45, 7) is 0.812. The Kier molecular flexibility index (Phi) is 7.19. The van der Waals surface area contributed by atoms with Crippen molar-refractivity contribution in [3.63, 3.8) is 0 Å². The van der Waals surface area contributed by atoms with Gasteiger partial charge in [0.15, 0.2) is 11.6 Å². The highest BCUT2D eigenvalue weighted by Gasteiger charge is 2.40. The Morgan fingerprint density at radius 3 is 2.74 bits per heavy atom. The third-order valence-corrected chi connectivity index (χ3v) is 7.83. The lowest BCUT2D eigenvalue weighted by Gasteiger charge is -2.24. The average molecular weight is 574 g/mol. The minimum Gasteiger partial charge on any atom is -0.374 e. The van der Waals surface area contributed by atoms with Gasteiger partial charge in [-0.25, -0.2) is 8.78 Å². The fourth-order valence-corrected chi connectivity index (χ4v) is 5.76. The van der Waals surface area contributed by atoms with Crippen LogP contribution in [-0.4, -0.2) is 62.4 Å². The number of benzene rings is 3. The van der Waals surface area contributed by atoms with Crippen LogP contribution in [0.3, 0.4) is 0 Å². The zero-order valence-corrected chi connectivity index (χ0v) is 22.8. The Hall–Kier alpha value is -4.64. The smallest absolute Gasteiger partial charge is 0.247 e. The summed E-state index contributed by atoms with van der Waals surface area (Å²) in [6.07, 6.45) is -1.10. The molecule has 3 heterocycles. The lowest BCUT2D eigenvalue weighted by Crippen LogP contribution is -2.44. The molecule has 9 nitrogen and oxygen atoms in total. The maximum atomic E-state index is 15.7. The third-order valence-electron chi connectivity index (χ3n) is 7.83. The van der Waals surface area contributed by atoms with Crippen LogP contribution in [0.2, 0.25) is 0 Å². The van der Waals surface area contributed by atoms with Crippen molar-refractivity contribution in [2.45, 2.75) is 51.2 Å². The van der Waals surface area contributed by atoms with Crippen LogP contribution in [0.5, 0.6) is 0 Å². The molecule has 2 aliphatic heterocycles. The molecule has 3 atom stereocenters. The minimum atomic E-state index is -1.43. The number of halogens is 2. The molecule has 0 spiro atoms. The first-order chi connectivity index (χ1) is 20.2. The Balaban J connectivity index is 1.21. The normalized spacial score (nSPS) is 19.8. The van der Waals surface area contributed by atoms with Crippen LogP contribution in [-0.2, 0) is 22.6 Å². The van der Waals surface area contributed by atoms with Crippen molar-refractivity contribution in [2.75, 3.05) is 17.2 Å². The number of likely N-dealkylation sites (tertiary alicyclic amines) is 1. The number of anilines is 2. The molecule has 0 saturated carbocycles. The van der Waals surface area contributed by atoms with E-state index < -0.39 is 36.1 Å². The number of Topliss-reactive ketones (excluding diaryl/α,β-unsaturated/α-hetero) is 1. The molecule has 1 aromatic heterocycles. The fourth-order valence-electron chi connectivity index (χ4n) is 5.76. The van der Waals surface area contributed by atoms with E-state index in [-0.39, 0.29) is 42.2 Å². The molecule has 2 amide bonds. The molecule has 2 aliphatic rings. The first-order valence-corrected chi connectivity index (χ1v) is 13.8. The molecule has 1 fully saturated rings. The summed E-state index contributed by atoms with van der Waals surface area (Å²) in [5.74, 6) is -2.14. The monoisotopic (exact) mass is 573 g/mol. The number of hydrogen-bond donors (Lipinski definition) is 3. The topological polar surface area (TPSA) is 117 Å². The Morgan fingerprint density at radius 1 is 1.12 bits per heavy atom. The average Bonchev–Trinajstić information content (AvgIpc) is 3.55. The number of ketones is 1. The van der Waals surface area contributed by atoms with Gasteiger partial charge in [0.05, 0.1) is 17.7 Å². The van der Waals surface area contributed by atoms with Crippen molar-refractivity contribution in [1.82, 2.24) is 14.7 Å². The maximum Gasteiger partial charge on any atom is 0.247 e. The quantitative estimate of drug-likeness (QED) is 0.296. The molecule has 6 rings (SSSR count).